The number of nitrogens with zero attached hydrogens (tertiary/aromatic N) is 2. The quantitative estimate of drug-likeness (QED) is 0.845. The number of alkyl halides is 1. The fourth-order valence-corrected chi connectivity index (χ4v) is 2.11. The number of benzene rings is 1. The molecule has 2 aromatic rings. The zero-order chi connectivity index (χ0) is 14.0. The molecule has 2 rings (SSSR count). The Balaban J connectivity index is 2.64. The topological polar surface area (TPSA) is 70.1 Å². The van der Waals surface area contributed by atoms with Gasteiger partial charge in [0.1, 0.15) is 12.4 Å². The van der Waals surface area contributed by atoms with Gasteiger partial charge < -0.3 is 15.0 Å². The van der Waals surface area contributed by atoms with Gasteiger partial charge in [0, 0.05) is 24.4 Å². The van der Waals surface area contributed by atoms with Crippen LogP contribution in [0.25, 0.3) is 11.0 Å². The molecule has 0 saturated carbocycles. The predicted molar refractivity (Wildman–Crippen MR) is 69.9 cm³/mol. The molecule has 0 saturated heterocycles. The highest BCUT2D eigenvalue weighted by Gasteiger charge is 2.15. The molecule has 0 fully saturated rings. The van der Waals surface area contributed by atoms with Crippen LogP contribution in [0.5, 0.6) is 5.75 Å². The van der Waals surface area contributed by atoms with E-state index in [1.54, 1.807) is 4.57 Å². The van der Waals surface area contributed by atoms with Crippen LogP contribution in [0.1, 0.15) is 5.82 Å². The normalized spacial score (nSPS) is 10.9. The van der Waals surface area contributed by atoms with Gasteiger partial charge in [-0.3, -0.25) is 4.79 Å². The van der Waals surface area contributed by atoms with Gasteiger partial charge in [-0.15, -0.1) is 11.6 Å². The number of imidazole rings is 1. The second kappa shape index (κ2) is 5.44. The van der Waals surface area contributed by atoms with E-state index in [2.05, 4.69) is 4.98 Å². The number of nitrogens with two attached hydrogens (primary N) is 1. The number of carbonyl (C=O) groups excluding carboxylic acids is 1. The summed E-state index contributed by atoms with van der Waals surface area (Å²) < 4.78 is 20.2. The number of aryl methyl sites for hydroxylation is 1. The maximum Gasteiger partial charge on any atom is 0.237 e. The van der Waals surface area contributed by atoms with E-state index in [4.69, 9.17) is 22.1 Å². The van der Waals surface area contributed by atoms with Crippen molar-refractivity contribution in [3.8, 4) is 5.75 Å². The molecule has 0 aliphatic rings. The molecule has 19 heavy (non-hydrogen) atoms. The second-order valence-corrected chi connectivity index (χ2v) is 4.37. The third-order valence-electron chi connectivity index (χ3n) is 2.73. The fraction of sp³-hybridized carbons (Fsp3) is 0.333. The van der Waals surface area contributed by atoms with E-state index in [1.807, 2.05) is 0 Å². The maximum absolute atomic E-state index is 13.6. The highest BCUT2D eigenvalue weighted by atomic mass is 35.5. The summed E-state index contributed by atoms with van der Waals surface area (Å²) in [5.41, 5.74) is 6.25. The van der Waals surface area contributed by atoms with Crippen molar-refractivity contribution in [2.24, 2.45) is 5.73 Å². The summed E-state index contributed by atoms with van der Waals surface area (Å²) in [6.45, 7) is -0.0302. The number of aromatic nitrogens is 2. The summed E-state index contributed by atoms with van der Waals surface area (Å²) in [6, 6.07) is 2.77. The van der Waals surface area contributed by atoms with Crippen molar-refractivity contribution >= 4 is 28.5 Å². The molecule has 0 radical (unpaired) electrons. The molecule has 0 atom stereocenters. The van der Waals surface area contributed by atoms with Crippen molar-refractivity contribution in [3.63, 3.8) is 0 Å². The monoisotopic (exact) mass is 285 g/mol. The Hall–Kier alpha value is -1.82. The van der Waals surface area contributed by atoms with Crippen molar-refractivity contribution in [2.75, 3.05) is 13.0 Å². The Morgan fingerprint density at radius 3 is 2.89 bits per heavy atom. The molecule has 0 spiro atoms. The minimum absolute atomic E-state index is 0.0302. The summed E-state index contributed by atoms with van der Waals surface area (Å²) in [7, 11) is 1.37. The first kappa shape index (κ1) is 13.6. The molecule has 1 aromatic heterocycles. The largest absolute Gasteiger partial charge is 0.494 e. The summed E-state index contributed by atoms with van der Waals surface area (Å²) in [5.74, 6) is 0.0309. The maximum atomic E-state index is 13.6. The van der Waals surface area contributed by atoms with Gasteiger partial charge >= 0.3 is 0 Å². The predicted octanol–water partition coefficient (Wildman–Crippen LogP) is 1.45. The highest BCUT2D eigenvalue weighted by molar-refractivity contribution is 6.17. The molecular formula is C12H13ClFN3O2. The van der Waals surface area contributed by atoms with Gasteiger partial charge in [0.05, 0.1) is 18.1 Å². The van der Waals surface area contributed by atoms with Crippen LogP contribution < -0.4 is 10.5 Å². The highest BCUT2D eigenvalue weighted by Crippen LogP contribution is 2.25. The SMILES string of the molecule is COc1cc2c(cc1F)nc(CCCl)n2CC(N)=O. The molecule has 7 heteroatoms. The Morgan fingerprint density at radius 2 is 2.32 bits per heavy atom. The summed E-state index contributed by atoms with van der Waals surface area (Å²) in [5, 5.41) is 0. The van der Waals surface area contributed by atoms with Gasteiger partial charge in [0.2, 0.25) is 5.91 Å². The standard InChI is InChI=1S/C12H13ClFN3O2/c1-19-10-5-9-8(4-7(10)14)16-12(2-3-13)17(9)6-11(15)18/h4-5H,2-3,6H2,1H3,(H2,15,18). The van der Waals surface area contributed by atoms with Crippen LogP contribution in [0.3, 0.4) is 0 Å². The lowest BCUT2D eigenvalue weighted by Crippen LogP contribution is -2.20. The summed E-state index contributed by atoms with van der Waals surface area (Å²) in [6.07, 6.45) is 0.466. The number of rotatable bonds is 5. The lowest BCUT2D eigenvalue weighted by molar-refractivity contribution is -0.118. The molecular weight excluding hydrogens is 273 g/mol. The number of primary amides is 1. The smallest absolute Gasteiger partial charge is 0.237 e. The number of amides is 1. The van der Waals surface area contributed by atoms with Crippen molar-refractivity contribution in [1.82, 2.24) is 9.55 Å². The van der Waals surface area contributed by atoms with Crippen molar-refractivity contribution in [2.45, 2.75) is 13.0 Å². The van der Waals surface area contributed by atoms with Gasteiger partial charge in [-0.05, 0) is 0 Å². The second-order valence-electron chi connectivity index (χ2n) is 3.99. The van der Waals surface area contributed by atoms with Crippen LogP contribution in [0.15, 0.2) is 12.1 Å². The molecule has 0 aliphatic heterocycles. The Kier molecular flexibility index (Phi) is 3.90. The first-order valence-corrected chi connectivity index (χ1v) is 6.17. The van der Waals surface area contributed by atoms with E-state index in [1.165, 1.54) is 19.2 Å². The van der Waals surface area contributed by atoms with Crippen LogP contribution in [0, 0.1) is 5.82 Å². The van der Waals surface area contributed by atoms with E-state index in [-0.39, 0.29) is 12.3 Å². The summed E-state index contributed by atoms with van der Waals surface area (Å²) >= 11 is 5.69. The van der Waals surface area contributed by atoms with Crippen LogP contribution >= 0.6 is 11.6 Å². The number of ether oxygens (including phenoxy) is 1. The van der Waals surface area contributed by atoms with Gasteiger partial charge in [0.25, 0.3) is 0 Å². The third kappa shape index (κ3) is 2.63. The molecule has 1 aromatic carbocycles. The summed E-state index contributed by atoms with van der Waals surface area (Å²) in [4.78, 5) is 15.4. The van der Waals surface area contributed by atoms with Crippen LogP contribution in [0.4, 0.5) is 4.39 Å². The van der Waals surface area contributed by atoms with E-state index in [0.717, 1.165) is 0 Å². The molecule has 1 heterocycles. The van der Waals surface area contributed by atoms with Crippen LogP contribution in [0.2, 0.25) is 0 Å². The zero-order valence-corrected chi connectivity index (χ0v) is 11.1. The van der Waals surface area contributed by atoms with E-state index < -0.39 is 11.7 Å². The number of hydrogen-bond acceptors (Lipinski definition) is 3. The number of fused-ring (bicyclic) bond motifs is 1. The van der Waals surface area contributed by atoms with Gasteiger partial charge in [0.15, 0.2) is 11.6 Å². The molecule has 2 N–H and O–H groups in total. The zero-order valence-electron chi connectivity index (χ0n) is 10.3. The van der Waals surface area contributed by atoms with E-state index in [9.17, 15) is 9.18 Å². The number of hydrogen-bond donors (Lipinski definition) is 1. The minimum atomic E-state index is -0.504. The van der Waals surface area contributed by atoms with E-state index >= 15 is 0 Å². The molecule has 0 unspecified atom stereocenters. The molecule has 102 valence electrons. The number of carbonyl (C=O) groups is 1. The lowest BCUT2D eigenvalue weighted by atomic mass is 10.3. The van der Waals surface area contributed by atoms with Gasteiger partial charge in [-0.2, -0.15) is 0 Å². The molecule has 0 aliphatic carbocycles. The number of halogens is 2. The van der Waals surface area contributed by atoms with Crippen molar-refractivity contribution < 1.29 is 13.9 Å². The Labute approximate surface area is 114 Å². The minimum Gasteiger partial charge on any atom is -0.494 e. The molecule has 0 bridgehead atoms. The first-order chi connectivity index (χ1) is 9.06. The Morgan fingerprint density at radius 1 is 1.58 bits per heavy atom. The van der Waals surface area contributed by atoms with E-state index in [0.29, 0.717) is 29.2 Å². The fourth-order valence-electron chi connectivity index (χ4n) is 1.94. The Bertz CT molecular complexity index is 627. The van der Waals surface area contributed by atoms with Crippen molar-refractivity contribution in [1.29, 1.82) is 0 Å². The average molecular weight is 286 g/mol. The average Bonchev–Trinajstić information content (AvgIpc) is 2.65. The van der Waals surface area contributed by atoms with Gasteiger partial charge in [-0.1, -0.05) is 0 Å². The number of methoxy groups -OCH3 is 1. The van der Waals surface area contributed by atoms with Crippen molar-refractivity contribution in [3.05, 3.63) is 23.8 Å². The lowest BCUT2D eigenvalue weighted by Gasteiger charge is -2.07. The van der Waals surface area contributed by atoms with Crippen LogP contribution in [-0.4, -0.2) is 28.4 Å². The first-order valence-electron chi connectivity index (χ1n) is 5.63. The third-order valence-corrected chi connectivity index (χ3v) is 2.92. The van der Waals surface area contributed by atoms with Crippen LogP contribution in [-0.2, 0) is 17.8 Å². The molecule has 5 nitrogen and oxygen atoms in total. The van der Waals surface area contributed by atoms with Gasteiger partial charge in [-0.25, -0.2) is 9.37 Å². The molecule has 1 amide bonds.